The lowest BCUT2D eigenvalue weighted by Crippen LogP contribution is -2.52. The van der Waals surface area contributed by atoms with Crippen LogP contribution in [0.3, 0.4) is 0 Å². The van der Waals surface area contributed by atoms with Gasteiger partial charge in [-0.15, -0.1) is 6.58 Å². The quantitative estimate of drug-likeness (QED) is 0.597. The molecular formula is C21H32O. The van der Waals surface area contributed by atoms with Crippen molar-refractivity contribution in [3.63, 3.8) is 0 Å². The van der Waals surface area contributed by atoms with Crippen LogP contribution in [0.25, 0.3) is 0 Å². The van der Waals surface area contributed by atoms with Crippen LogP contribution in [0, 0.1) is 28.1 Å². The van der Waals surface area contributed by atoms with E-state index in [0.29, 0.717) is 17.6 Å². The molecule has 0 spiro atoms. The Morgan fingerprint density at radius 2 is 2.00 bits per heavy atom. The van der Waals surface area contributed by atoms with Crippen molar-refractivity contribution in [2.75, 3.05) is 0 Å². The molecule has 122 valence electrons. The maximum absolute atomic E-state index is 12.4. The summed E-state index contributed by atoms with van der Waals surface area (Å²) < 4.78 is 0. The fourth-order valence-corrected chi connectivity index (χ4v) is 6.04. The van der Waals surface area contributed by atoms with Crippen molar-refractivity contribution in [3.8, 4) is 0 Å². The predicted octanol–water partition coefficient (Wildman–Crippen LogP) is 5.71. The van der Waals surface area contributed by atoms with Crippen LogP contribution in [-0.4, -0.2) is 5.78 Å². The van der Waals surface area contributed by atoms with Gasteiger partial charge in [0.1, 0.15) is 5.78 Å². The molecule has 2 unspecified atom stereocenters. The minimum Gasteiger partial charge on any atom is -0.299 e. The molecule has 0 radical (unpaired) electrons. The predicted molar refractivity (Wildman–Crippen MR) is 92.6 cm³/mol. The average Bonchev–Trinajstić information content (AvgIpc) is 2.46. The largest absolute Gasteiger partial charge is 0.299 e. The molecule has 0 aromatic carbocycles. The third kappa shape index (κ3) is 2.15. The number of rotatable bonds is 2. The molecule has 1 heteroatoms. The normalized spacial score (nSPS) is 47.9. The molecule has 0 aromatic rings. The molecule has 2 fully saturated rings. The zero-order valence-electron chi connectivity index (χ0n) is 14.9. The van der Waals surface area contributed by atoms with E-state index in [-0.39, 0.29) is 16.2 Å². The number of carbonyl (C=O) groups is 1. The lowest BCUT2D eigenvalue weighted by atomic mass is 9.45. The van der Waals surface area contributed by atoms with Crippen molar-refractivity contribution in [2.45, 2.75) is 72.6 Å². The molecule has 5 atom stereocenters. The van der Waals surface area contributed by atoms with Crippen LogP contribution in [0.4, 0.5) is 0 Å². The smallest absolute Gasteiger partial charge is 0.135 e. The second kappa shape index (κ2) is 5.08. The molecule has 0 saturated heterocycles. The molecule has 22 heavy (non-hydrogen) atoms. The topological polar surface area (TPSA) is 17.1 Å². The number of fused-ring (bicyclic) bond motifs is 3. The highest BCUT2D eigenvalue weighted by Crippen LogP contribution is 2.63. The first-order chi connectivity index (χ1) is 10.3. The molecule has 0 aliphatic heterocycles. The third-order valence-corrected chi connectivity index (χ3v) is 7.63. The summed E-state index contributed by atoms with van der Waals surface area (Å²) in [6, 6.07) is 0. The minimum atomic E-state index is -0.0992. The van der Waals surface area contributed by atoms with Crippen LogP contribution in [0.1, 0.15) is 72.6 Å². The highest BCUT2D eigenvalue weighted by Gasteiger charge is 2.56. The summed E-state index contributed by atoms with van der Waals surface area (Å²) in [4.78, 5) is 12.4. The van der Waals surface area contributed by atoms with E-state index in [9.17, 15) is 4.79 Å². The first kappa shape index (κ1) is 16.0. The Morgan fingerprint density at radius 1 is 1.27 bits per heavy atom. The first-order valence-corrected chi connectivity index (χ1v) is 9.10. The first-order valence-electron chi connectivity index (χ1n) is 9.10. The van der Waals surface area contributed by atoms with Gasteiger partial charge in [0.25, 0.3) is 0 Å². The van der Waals surface area contributed by atoms with Crippen LogP contribution in [0.2, 0.25) is 0 Å². The van der Waals surface area contributed by atoms with Gasteiger partial charge in [-0.05, 0) is 68.1 Å². The van der Waals surface area contributed by atoms with Crippen LogP contribution in [0.5, 0.6) is 0 Å². The van der Waals surface area contributed by atoms with Crippen LogP contribution in [-0.2, 0) is 4.79 Å². The van der Waals surface area contributed by atoms with Gasteiger partial charge in [-0.1, -0.05) is 44.9 Å². The van der Waals surface area contributed by atoms with E-state index >= 15 is 0 Å². The standard InChI is InChI=1S/C21H32O/c1-6-19(3)13-10-17-16(14-19)8-9-18-20(4,15(2)22)11-7-12-21(17,18)5/h6,10,16,18H,1,7-9,11-14H2,2-5H3/t16?,18?,19-,20-,21-/m1/s1. The second-order valence-electron chi connectivity index (χ2n) is 9.00. The Bertz CT molecular complexity index is 530. The molecule has 0 bridgehead atoms. The summed E-state index contributed by atoms with van der Waals surface area (Å²) in [6.07, 6.45) is 13.1. The lowest BCUT2D eigenvalue weighted by molar-refractivity contribution is -0.137. The van der Waals surface area contributed by atoms with Gasteiger partial charge in [0.15, 0.2) is 0 Å². The van der Waals surface area contributed by atoms with Gasteiger partial charge in [-0.25, -0.2) is 0 Å². The van der Waals surface area contributed by atoms with E-state index < -0.39 is 0 Å². The van der Waals surface area contributed by atoms with Crippen molar-refractivity contribution in [1.29, 1.82) is 0 Å². The zero-order chi connectivity index (χ0) is 16.2. The van der Waals surface area contributed by atoms with E-state index in [1.165, 1.54) is 32.1 Å². The van der Waals surface area contributed by atoms with Gasteiger partial charge >= 0.3 is 0 Å². The summed E-state index contributed by atoms with van der Waals surface area (Å²) in [5, 5.41) is 0. The zero-order valence-corrected chi connectivity index (χ0v) is 14.9. The Labute approximate surface area is 136 Å². The maximum Gasteiger partial charge on any atom is 0.135 e. The SMILES string of the molecule is C=C[C@]1(C)CC=C2C(CCC3[C@@](C)(C(C)=O)CCC[C@]23C)C1. The molecule has 0 amide bonds. The molecule has 2 saturated carbocycles. The van der Waals surface area contributed by atoms with E-state index in [1.807, 2.05) is 6.92 Å². The monoisotopic (exact) mass is 300 g/mol. The number of Topliss-reactive ketones (excluding diaryl/α,β-unsaturated/α-hetero) is 1. The van der Waals surface area contributed by atoms with Crippen LogP contribution < -0.4 is 0 Å². The third-order valence-electron chi connectivity index (χ3n) is 7.63. The lowest BCUT2D eigenvalue weighted by Gasteiger charge is -2.58. The number of carbonyl (C=O) groups excluding carboxylic acids is 1. The van der Waals surface area contributed by atoms with Gasteiger partial charge in [-0.3, -0.25) is 4.79 Å². The summed E-state index contributed by atoms with van der Waals surface area (Å²) in [5.41, 5.74) is 2.12. The van der Waals surface area contributed by atoms with Crippen molar-refractivity contribution in [2.24, 2.45) is 28.1 Å². The highest BCUT2D eigenvalue weighted by molar-refractivity contribution is 5.82. The van der Waals surface area contributed by atoms with Crippen LogP contribution in [0.15, 0.2) is 24.3 Å². The number of hydrogen-bond donors (Lipinski definition) is 0. The fourth-order valence-electron chi connectivity index (χ4n) is 6.04. The van der Waals surface area contributed by atoms with Crippen molar-refractivity contribution >= 4 is 5.78 Å². The number of hydrogen-bond acceptors (Lipinski definition) is 1. The minimum absolute atomic E-state index is 0.0992. The molecular weight excluding hydrogens is 268 g/mol. The second-order valence-corrected chi connectivity index (χ2v) is 9.00. The summed E-state index contributed by atoms with van der Waals surface area (Å²) in [5.74, 6) is 1.67. The Hall–Kier alpha value is -0.850. The highest BCUT2D eigenvalue weighted by atomic mass is 16.1. The molecule has 3 aliphatic carbocycles. The van der Waals surface area contributed by atoms with Gasteiger partial charge in [0.05, 0.1) is 0 Å². The molecule has 0 aromatic heterocycles. The Balaban J connectivity index is 1.99. The van der Waals surface area contributed by atoms with Crippen LogP contribution >= 0.6 is 0 Å². The average molecular weight is 300 g/mol. The van der Waals surface area contributed by atoms with Gasteiger partial charge in [-0.2, -0.15) is 0 Å². The van der Waals surface area contributed by atoms with E-state index in [4.69, 9.17) is 0 Å². The summed E-state index contributed by atoms with van der Waals surface area (Å²) in [7, 11) is 0. The van der Waals surface area contributed by atoms with Crippen molar-refractivity contribution < 1.29 is 4.79 Å². The molecule has 1 nitrogen and oxygen atoms in total. The molecule has 0 heterocycles. The van der Waals surface area contributed by atoms with Gasteiger partial charge in [0, 0.05) is 5.41 Å². The van der Waals surface area contributed by atoms with Gasteiger partial charge in [0.2, 0.25) is 0 Å². The number of ketones is 1. The van der Waals surface area contributed by atoms with E-state index in [0.717, 1.165) is 12.8 Å². The maximum atomic E-state index is 12.4. The van der Waals surface area contributed by atoms with Crippen molar-refractivity contribution in [1.82, 2.24) is 0 Å². The van der Waals surface area contributed by atoms with E-state index in [1.54, 1.807) is 5.57 Å². The van der Waals surface area contributed by atoms with Crippen molar-refractivity contribution in [3.05, 3.63) is 24.3 Å². The number of allylic oxidation sites excluding steroid dienone is 3. The summed E-state index contributed by atoms with van der Waals surface area (Å²) in [6.45, 7) is 12.9. The Kier molecular flexibility index (Phi) is 3.70. The Morgan fingerprint density at radius 3 is 2.64 bits per heavy atom. The summed E-state index contributed by atoms with van der Waals surface area (Å²) >= 11 is 0. The molecule has 0 N–H and O–H groups in total. The molecule has 3 rings (SSSR count). The van der Waals surface area contributed by atoms with E-state index in [2.05, 4.69) is 39.5 Å². The fraction of sp³-hybridized carbons (Fsp3) is 0.762. The van der Waals surface area contributed by atoms with Gasteiger partial charge < -0.3 is 0 Å². The molecule has 3 aliphatic rings.